The average Bonchev–Trinajstić information content (AvgIpc) is 4.27. The highest BCUT2D eigenvalue weighted by Crippen LogP contribution is 2.42. The molecule has 0 aliphatic heterocycles. The van der Waals surface area contributed by atoms with E-state index in [0.717, 1.165) is 105 Å². The quantitative estimate of drug-likeness (QED) is 0.159. The Kier molecular flexibility index (Phi) is 9.20. The molecule has 11 aromatic carbocycles. The maximum absolute atomic E-state index is 6.74. The third-order valence-corrected chi connectivity index (χ3v) is 15.2. The molecule has 0 amide bonds. The van der Waals surface area contributed by atoms with E-state index in [9.17, 15) is 0 Å². The van der Waals surface area contributed by atoms with Gasteiger partial charge in [-0.1, -0.05) is 158 Å². The Hall–Kier alpha value is -10.4. The van der Waals surface area contributed by atoms with E-state index < -0.39 is 0 Å². The maximum Gasteiger partial charge on any atom is 0.164 e. The van der Waals surface area contributed by atoms with Gasteiger partial charge in [0.1, 0.15) is 22.3 Å². The molecule has 354 valence electrons. The summed E-state index contributed by atoms with van der Waals surface area (Å²) in [6.07, 6.45) is 0. The summed E-state index contributed by atoms with van der Waals surface area (Å²) < 4.78 is 18.1. The van der Waals surface area contributed by atoms with Crippen LogP contribution in [0.5, 0.6) is 0 Å². The van der Waals surface area contributed by atoms with Crippen LogP contribution >= 0.6 is 0 Å². The van der Waals surface area contributed by atoms with Crippen molar-refractivity contribution in [2.75, 3.05) is 0 Å². The molecule has 16 rings (SSSR count). The highest BCUT2D eigenvalue weighted by Gasteiger charge is 2.21. The molecular formula is C69H41N5O2. The van der Waals surface area contributed by atoms with Crippen LogP contribution in [0.1, 0.15) is 0 Å². The molecule has 7 nitrogen and oxygen atoms in total. The molecule has 0 bridgehead atoms. The lowest BCUT2D eigenvalue weighted by Crippen LogP contribution is -2.00. The van der Waals surface area contributed by atoms with Crippen LogP contribution in [0.2, 0.25) is 0 Å². The first-order valence-corrected chi connectivity index (χ1v) is 25.6. The van der Waals surface area contributed by atoms with Crippen molar-refractivity contribution in [3.63, 3.8) is 0 Å². The molecule has 0 saturated carbocycles. The monoisotopic (exact) mass is 971 g/mol. The molecule has 0 atom stereocenters. The molecule has 0 spiro atoms. The van der Waals surface area contributed by atoms with Gasteiger partial charge >= 0.3 is 0 Å². The van der Waals surface area contributed by atoms with E-state index in [0.29, 0.717) is 17.5 Å². The Morgan fingerprint density at radius 3 is 1.47 bits per heavy atom. The first-order chi connectivity index (χ1) is 37.6. The first kappa shape index (κ1) is 42.2. The van der Waals surface area contributed by atoms with Gasteiger partial charge in [0.15, 0.2) is 17.5 Å². The van der Waals surface area contributed by atoms with E-state index >= 15 is 0 Å². The van der Waals surface area contributed by atoms with Crippen molar-refractivity contribution in [2.45, 2.75) is 0 Å². The third-order valence-electron chi connectivity index (χ3n) is 15.2. The average molecular weight is 972 g/mol. The number of rotatable bonds is 7. The molecule has 76 heavy (non-hydrogen) atoms. The van der Waals surface area contributed by atoms with Gasteiger partial charge in [0.25, 0.3) is 0 Å². The molecule has 0 aliphatic rings. The van der Waals surface area contributed by atoms with Crippen LogP contribution in [0.25, 0.3) is 155 Å². The number of furan rings is 2. The molecule has 0 saturated heterocycles. The summed E-state index contributed by atoms with van der Waals surface area (Å²) in [5, 5.41) is 8.82. The predicted octanol–water partition coefficient (Wildman–Crippen LogP) is 18.2. The van der Waals surface area contributed by atoms with Crippen molar-refractivity contribution in [2.24, 2.45) is 0 Å². The van der Waals surface area contributed by atoms with Gasteiger partial charge in [0.05, 0.1) is 22.1 Å². The van der Waals surface area contributed by atoms with E-state index in [1.54, 1.807) is 0 Å². The molecule has 7 heteroatoms. The van der Waals surface area contributed by atoms with Gasteiger partial charge in [-0.3, -0.25) is 0 Å². The van der Waals surface area contributed by atoms with Gasteiger partial charge in [-0.25, -0.2) is 15.0 Å². The highest BCUT2D eigenvalue weighted by atomic mass is 16.3. The van der Waals surface area contributed by atoms with Crippen molar-refractivity contribution in [1.82, 2.24) is 24.1 Å². The summed E-state index contributed by atoms with van der Waals surface area (Å²) in [4.78, 5) is 15.6. The minimum Gasteiger partial charge on any atom is -0.456 e. The maximum atomic E-state index is 6.74. The Labute approximate surface area is 434 Å². The van der Waals surface area contributed by atoms with Crippen molar-refractivity contribution in [1.29, 1.82) is 0 Å². The number of nitrogens with zero attached hydrogens (tertiary/aromatic N) is 5. The standard InChI is InChI=1S/C69H41N5O2/c1-3-15-42(16-4-1)44-19-13-20-48(37-44)73-60-27-12-9-23-52(60)56-38-45(30-35-61(56)73)46-31-36-62-57(39-46)66-55(24-14-28-63(66)75-62)69-71-67(43-17-5-2-6-18-43)70-68(72-69)47-29-33-53-54-34-32-49(41-65(54)76-64(53)40-47)74-58-25-10-7-21-50(58)51-22-8-11-26-59(51)74/h1-41H. The predicted molar refractivity (Wildman–Crippen MR) is 310 cm³/mol. The number of fused-ring (bicyclic) bond motifs is 12. The van der Waals surface area contributed by atoms with Crippen molar-refractivity contribution < 1.29 is 8.83 Å². The van der Waals surface area contributed by atoms with E-state index in [-0.39, 0.29) is 0 Å². The molecule has 0 N–H and O–H groups in total. The second-order valence-electron chi connectivity index (χ2n) is 19.5. The van der Waals surface area contributed by atoms with Crippen LogP contribution in [-0.4, -0.2) is 24.1 Å². The highest BCUT2D eigenvalue weighted by molar-refractivity contribution is 6.15. The number of hydrogen-bond donors (Lipinski definition) is 0. The minimum atomic E-state index is 0.543. The van der Waals surface area contributed by atoms with Crippen LogP contribution in [0.15, 0.2) is 258 Å². The Balaban J connectivity index is 0.812. The first-order valence-electron chi connectivity index (χ1n) is 25.6. The third kappa shape index (κ3) is 6.59. The molecule has 0 aliphatic carbocycles. The summed E-state index contributed by atoms with van der Waals surface area (Å²) in [7, 11) is 0. The van der Waals surface area contributed by atoms with Gasteiger partial charge in [-0.2, -0.15) is 0 Å². The van der Waals surface area contributed by atoms with Crippen LogP contribution in [-0.2, 0) is 0 Å². The fourth-order valence-corrected chi connectivity index (χ4v) is 11.7. The lowest BCUT2D eigenvalue weighted by Gasteiger charge is -2.11. The summed E-state index contributed by atoms with van der Waals surface area (Å²) in [6.45, 7) is 0. The van der Waals surface area contributed by atoms with Crippen molar-refractivity contribution >= 4 is 87.5 Å². The van der Waals surface area contributed by atoms with Crippen LogP contribution < -0.4 is 0 Å². The number of para-hydroxylation sites is 3. The fourth-order valence-electron chi connectivity index (χ4n) is 11.7. The molecule has 0 radical (unpaired) electrons. The number of benzene rings is 11. The fraction of sp³-hybridized carbons (Fsp3) is 0. The van der Waals surface area contributed by atoms with Gasteiger partial charge in [-0.15, -0.1) is 0 Å². The summed E-state index contributed by atoms with van der Waals surface area (Å²) >= 11 is 0. The molecule has 5 aromatic heterocycles. The molecular weight excluding hydrogens is 931 g/mol. The Morgan fingerprint density at radius 2 is 0.750 bits per heavy atom. The Bertz CT molecular complexity index is 4950. The van der Waals surface area contributed by atoms with Crippen LogP contribution in [0, 0.1) is 0 Å². The second-order valence-corrected chi connectivity index (χ2v) is 19.5. The second kappa shape index (κ2) is 16.6. The summed E-state index contributed by atoms with van der Waals surface area (Å²) in [5.74, 6) is 1.67. The van der Waals surface area contributed by atoms with E-state index in [1.807, 2.05) is 42.5 Å². The van der Waals surface area contributed by atoms with Crippen LogP contribution in [0.4, 0.5) is 0 Å². The van der Waals surface area contributed by atoms with Gasteiger partial charge in [0.2, 0.25) is 0 Å². The van der Waals surface area contributed by atoms with Gasteiger partial charge in [-0.05, 0) is 107 Å². The zero-order valence-corrected chi connectivity index (χ0v) is 40.7. The van der Waals surface area contributed by atoms with Gasteiger partial charge in [0, 0.05) is 77.2 Å². The Morgan fingerprint density at radius 1 is 0.250 bits per heavy atom. The summed E-state index contributed by atoms with van der Waals surface area (Å²) in [5.41, 5.74) is 17.0. The van der Waals surface area contributed by atoms with Gasteiger partial charge < -0.3 is 18.0 Å². The number of hydrogen-bond acceptors (Lipinski definition) is 5. The van der Waals surface area contributed by atoms with Crippen LogP contribution in [0.3, 0.4) is 0 Å². The zero-order valence-electron chi connectivity index (χ0n) is 40.7. The molecule has 0 fully saturated rings. The topological polar surface area (TPSA) is 74.8 Å². The largest absolute Gasteiger partial charge is 0.456 e. The summed E-state index contributed by atoms with van der Waals surface area (Å²) in [6, 6.07) is 87.5. The number of aromatic nitrogens is 5. The van der Waals surface area contributed by atoms with E-state index in [2.05, 4.69) is 215 Å². The van der Waals surface area contributed by atoms with E-state index in [4.69, 9.17) is 23.8 Å². The molecule has 0 unspecified atom stereocenters. The lowest BCUT2D eigenvalue weighted by atomic mass is 9.99. The molecule has 5 heterocycles. The van der Waals surface area contributed by atoms with Crippen molar-refractivity contribution in [3.8, 4) is 67.8 Å². The van der Waals surface area contributed by atoms with E-state index in [1.165, 1.54) is 32.7 Å². The smallest absolute Gasteiger partial charge is 0.164 e. The zero-order chi connectivity index (χ0) is 49.8. The minimum absolute atomic E-state index is 0.543. The normalized spacial score (nSPS) is 11.9. The lowest BCUT2D eigenvalue weighted by molar-refractivity contribution is 0.668. The van der Waals surface area contributed by atoms with Crippen molar-refractivity contribution in [3.05, 3.63) is 249 Å². The SMILES string of the molecule is c1ccc(-c2cccc(-n3c4ccccc4c4cc(-c5ccc6oc7cccc(-c8nc(-c9ccccc9)nc(-c9ccc%10c(c9)oc9cc(-n%11c%12ccccc%12c%12ccccc%12%11)ccc9%10)n8)c7c6c5)ccc43)c2)cc1. The molecule has 16 aromatic rings.